The van der Waals surface area contributed by atoms with E-state index >= 15 is 0 Å². The summed E-state index contributed by atoms with van der Waals surface area (Å²) in [5.74, 6) is 1.98. The number of hydrogen-bond acceptors (Lipinski definition) is 5. The molecular formula is C21H19N5O2. The van der Waals surface area contributed by atoms with Crippen LogP contribution >= 0.6 is 0 Å². The van der Waals surface area contributed by atoms with E-state index in [0.29, 0.717) is 28.5 Å². The van der Waals surface area contributed by atoms with E-state index in [2.05, 4.69) is 16.3 Å². The Morgan fingerprint density at radius 3 is 2.43 bits per heavy atom. The smallest absolute Gasteiger partial charge is 0.179 e. The lowest BCUT2D eigenvalue weighted by molar-refractivity contribution is 0.355. The monoisotopic (exact) mass is 373 g/mol. The molecule has 0 N–H and O–H groups in total. The highest BCUT2D eigenvalue weighted by molar-refractivity contribution is 5.82. The van der Waals surface area contributed by atoms with Crippen molar-refractivity contribution in [3.63, 3.8) is 0 Å². The molecule has 0 radical (unpaired) electrons. The third-order valence-corrected chi connectivity index (χ3v) is 4.85. The predicted octanol–water partition coefficient (Wildman–Crippen LogP) is 3.60. The Kier molecular flexibility index (Phi) is 4.24. The lowest BCUT2D eigenvalue weighted by Gasteiger charge is -2.14. The second-order valence-electron chi connectivity index (χ2n) is 6.41. The molecule has 0 amide bonds. The van der Waals surface area contributed by atoms with Crippen LogP contribution in [0, 0.1) is 18.3 Å². The first kappa shape index (κ1) is 17.6. The summed E-state index contributed by atoms with van der Waals surface area (Å²) in [6.07, 6.45) is 1.95. The van der Waals surface area contributed by atoms with Gasteiger partial charge in [0.15, 0.2) is 17.1 Å². The van der Waals surface area contributed by atoms with Gasteiger partial charge < -0.3 is 14.0 Å². The van der Waals surface area contributed by atoms with Crippen LogP contribution in [0.4, 0.5) is 0 Å². The lowest BCUT2D eigenvalue weighted by atomic mass is 10.0. The molecule has 1 aromatic carbocycles. The van der Waals surface area contributed by atoms with Crippen LogP contribution in [0.15, 0.2) is 42.6 Å². The normalized spacial score (nSPS) is 10.8. The molecule has 0 aliphatic heterocycles. The minimum atomic E-state index is 0.492. The molecule has 0 saturated carbocycles. The SMILES string of the molecule is COc1ccc(-c2cc(-c3cccn3C)c(C#N)c3nnc(C)n23)cc1OC. The Labute approximate surface area is 162 Å². The van der Waals surface area contributed by atoms with E-state index in [0.717, 1.165) is 22.5 Å². The van der Waals surface area contributed by atoms with Gasteiger partial charge in [0.05, 0.1) is 19.9 Å². The highest BCUT2D eigenvalue weighted by Gasteiger charge is 2.20. The number of aromatic nitrogens is 4. The number of fused-ring (bicyclic) bond motifs is 1. The van der Waals surface area contributed by atoms with E-state index in [1.54, 1.807) is 14.2 Å². The minimum Gasteiger partial charge on any atom is -0.493 e. The summed E-state index contributed by atoms with van der Waals surface area (Å²) >= 11 is 0. The molecular weight excluding hydrogens is 354 g/mol. The third kappa shape index (κ3) is 2.58. The standard InChI is InChI=1S/C21H19N5O2/c1-13-23-24-21-16(12-22)15(17-6-5-9-25(17)2)11-18(26(13)21)14-7-8-19(27-3)20(10-14)28-4/h5-11H,1-4H3. The zero-order valence-electron chi connectivity index (χ0n) is 16.1. The number of rotatable bonds is 4. The number of hydrogen-bond donors (Lipinski definition) is 0. The molecule has 0 aliphatic rings. The minimum absolute atomic E-state index is 0.492. The van der Waals surface area contributed by atoms with Crippen molar-refractivity contribution in [2.24, 2.45) is 7.05 Å². The predicted molar refractivity (Wildman–Crippen MR) is 105 cm³/mol. The molecule has 0 saturated heterocycles. The number of benzene rings is 1. The molecule has 7 nitrogen and oxygen atoms in total. The first-order valence-corrected chi connectivity index (χ1v) is 8.72. The van der Waals surface area contributed by atoms with E-state index in [-0.39, 0.29) is 0 Å². The fourth-order valence-corrected chi connectivity index (χ4v) is 3.47. The fraction of sp³-hybridized carbons (Fsp3) is 0.190. The van der Waals surface area contributed by atoms with E-state index in [1.165, 1.54) is 0 Å². The summed E-state index contributed by atoms with van der Waals surface area (Å²) in [6, 6.07) is 14.0. The highest BCUT2D eigenvalue weighted by atomic mass is 16.5. The topological polar surface area (TPSA) is 77.4 Å². The first-order valence-electron chi connectivity index (χ1n) is 8.72. The molecule has 140 valence electrons. The summed E-state index contributed by atoms with van der Waals surface area (Å²) in [6.45, 7) is 1.87. The number of aryl methyl sites for hydroxylation is 2. The van der Waals surface area contributed by atoms with Gasteiger partial charge in [-0.25, -0.2) is 0 Å². The van der Waals surface area contributed by atoms with Gasteiger partial charge >= 0.3 is 0 Å². The molecule has 7 heteroatoms. The van der Waals surface area contributed by atoms with Crippen molar-refractivity contribution in [2.45, 2.75) is 6.92 Å². The Bertz CT molecular complexity index is 1230. The highest BCUT2D eigenvalue weighted by Crippen LogP contribution is 2.36. The maximum absolute atomic E-state index is 9.85. The molecule has 0 bridgehead atoms. The van der Waals surface area contributed by atoms with E-state index in [1.807, 2.05) is 65.5 Å². The van der Waals surface area contributed by atoms with Crippen LogP contribution < -0.4 is 9.47 Å². The van der Waals surface area contributed by atoms with Crippen molar-refractivity contribution in [3.05, 3.63) is 54.0 Å². The molecule has 3 aromatic heterocycles. The van der Waals surface area contributed by atoms with Crippen molar-refractivity contribution >= 4 is 5.65 Å². The van der Waals surface area contributed by atoms with Gasteiger partial charge in [-0.1, -0.05) is 0 Å². The van der Waals surface area contributed by atoms with Crippen LogP contribution in [0.3, 0.4) is 0 Å². The second-order valence-corrected chi connectivity index (χ2v) is 6.41. The quantitative estimate of drug-likeness (QED) is 0.546. The number of pyridine rings is 1. The molecule has 0 aliphatic carbocycles. The van der Waals surface area contributed by atoms with Gasteiger partial charge in [-0.3, -0.25) is 4.40 Å². The van der Waals surface area contributed by atoms with Crippen LogP contribution in [0.2, 0.25) is 0 Å². The molecule has 4 rings (SSSR count). The number of ether oxygens (including phenoxy) is 2. The average Bonchev–Trinajstić information content (AvgIpc) is 3.32. The van der Waals surface area contributed by atoms with Gasteiger partial charge in [0, 0.05) is 30.1 Å². The summed E-state index contributed by atoms with van der Waals surface area (Å²) in [7, 11) is 5.16. The Morgan fingerprint density at radius 2 is 1.79 bits per heavy atom. The summed E-state index contributed by atoms with van der Waals surface area (Å²) in [5.41, 5.74) is 4.54. The van der Waals surface area contributed by atoms with Crippen LogP contribution in [0.5, 0.6) is 11.5 Å². The number of methoxy groups -OCH3 is 2. The van der Waals surface area contributed by atoms with Crippen molar-refractivity contribution in [2.75, 3.05) is 14.2 Å². The third-order valence-electron chi connectivity index (χ3n) is 4.85. The van der Waals surface area contributed by atoms with Crippen molar-refractivity contribution in [3.8, 4) is 40.1 Å². The molecule has 0 unspecified atom stereocenters. The molecule has 0 spiro atoms. The fourth-order valence-electron chi connectivity index (χ4n) is 3.47. The number of nitriles is 1. The maximum Gasteiger partial charge on any atom is 0.179 e. The van der Waals surface area contributed by atoms with Gasteiger partial charge in [0.25, 0.3) is 0 Å². The van der Waals surface area contributed by atoms with Gasteiger partial charge in [0.2, 0.25) is 0 Å². The van der Waals surface area contributed by atoms with E-state index in [4.69, 9.17) is 9.47 Å². The maximum atomic E-state index is 9.85. The van der Waals surface area contributed by atoms with Gasteiger partial charge in [-0.2, -0.15) is 5.26 Å². The Hall–Kier alpha value is -3.79. The lowest BCUT2D eigenvalue weighted by Crippen LogP contribution is -2.02. The van der Waals surface area contributed by atoms with E-state index in [9.17, 15) is 5.26 Å². The van der Waals surface area contributed by atoms with Crippen LogP contribution in [-0.2, 0) is 7.05 Å². The van der Waals surface area contributed by atoms with Gasteiger partial charge in [-0.15, -0.1) is 10.2 Å². The Morgan fingerprint density at radius 1 is 1.00 bits per heavy atom. The van der Waals surface area contributed by atoms with Gasteiger partial charge in [0.1, 0.15) is 17.5 Å². The van der Waals surface area contributed by atoms with E-state index < -0.39 is 0 Å². The largest absolute Gasteiger partial charge is 0.493 e. The molecule has 28 heavy (non-hydrogen) atoms. The van der Waals surface area contributed by atoms with Crippen LogP contribution in [0.25, 0.3) is 28.2 Å². The molecule has 4 aromatic rings. The zero-order valence-corrected chi connectivity index (χ0v) is 16.1. The summed E-state index contributed by atoms with van der Waals surface area (Å²) in [4.78, 5) is 0. The van der Waals surface area contributed by atoms with Crippen molar-refractivity contribution in [1.82, 2.24) is 19.2 Å². The van der Waals surface area contributed by atoms with Crippen LogP contribution in [-0.4, -0.2) is 33.4 Å². The second kappa shape index (κ2) is 6.74. The molecule has 3 heterocycles. The summed E-state index contributed by atoms with van der Waals surface area (Å²) < 4.78 is 14.7. The Balaban J connectivity index is 2.08. The first-order chi connectivity index (χ1) is 13.6. The average molecular weight is 373 g/mol. The van der Waals surface area contributed by atoms with Gasteiger partial charge in [-0.05, 0) is 43.3 Å². The van der Waals surface area contributed by atoms with Crippen molar-refractivity contribution < 1.29 is 9.47 Å². The zero-order chi connectivity index (χ0) is 19.8. The van der Waals surface area contributed by atoms with Crippen molar-refractivity contribution in [1.29, 1.82) is 5.26 Å². The van der Waals surface area contributed by atoms with Crippen LogP contribution in [0.1, 0.15) is 11.4 Å². The molecule has 0 atom stereocenters. The summed E-state index contributed by atoms with van der Waals surface area (Å²) in [5, 5.41) is 18.3. The molecule has 0 fully saturated rings. The number of nitrogens with zero attached hydrogens (tertiary/aromatic N) is 5.